The Morgan fingerprint density at radius 3 is 1.75 bits per heavy atom. The maximum Gasteiger partial charge on any atom is 0.416 e. The second kappa shape index (κ2) is 7.03. The van der Waals surface area contributed by atoms with Crippen LogP contribution in [0, 0.1) is 0 Å². The molecule has 0 saturated carbocycles. The minimum Gasteiger partial charge on any atom is -0.507 e. The molecule has 0 atom stereocenters. The van der Waals surface area contributed by atoms with Gasteiger partial charge in [-0.15, -0.1) is 0 Å². The molecule has 2 N–H and O–H groups in total. The molecule has 28 heavy (non-hydrogen) atoms. The lowest BCUT2D eigenvalue weighted by molar-refractivity contribution is -0.143. The molecule has 0 aliphatic carbocycles. The fraction of sp³-hybridized carbons (Fsp3) is 0.316. The molecule has 0 fully saturated rings. The van der Waals surface area contributed by atoms with Gasteiger partial charge in [0.15, 0.2) is 0 Å². The molecule has 152 valence electrons. The summed E-state index contributed by atoms with van der Waals surface area (Å²) in [6.07, 6.45) is -10.1. The van der Waals surface area contributed by atoms with Gasteiger partial charge in [0.05, 0.1) is 16.7 Å². The highest BCUT2D eigenvalue weighted by molar-refractivity contribution is 6.06. The lowest BCUT2D eigenvalue weighted by Crippen LogP contribution is -2.17. The van der Waals surface area contributed by atoms with Crippen LogP contribution in [0.4, 0.5) is 32.0 Å². The molecule has 0 radical (unpaired) electrons. The number of anilines is 1. The van der Waals surface area contributed by atoms with Crippen molar-refractivity contribution in [2.75, 3.05) is 5.32 Å². The number of aromatic hydroxyl groups is 1. The number of halogens is 6. The molecule has 0 aliphatic heterocycles. The summed E-state index contributed by atoms with van der Waals surface area (Å²) >= 11 is 0. The third-order valence-electron chi connectivity index (χ3n) is 3.95. The smallest absolute Gasteiger partial charge is 0.416 e. The number of carbonyl (C=O) groups is 1. The molecule has 1 amide bonds. The lowest BCUT2D eigenvalue weighted by atomic mass is 9.86. The second-order valence-corrected chi connectivity index (χ2v) is 7.23. The summed E-state index contributed by atoms with van der Waals surface area (Å²) in [6.45, 7) is 5.51. The molecule has 0 heterocycles. The van der Waals surface area contributed by atoms with E-state index in [0.29, 0.717) is 17.7 Å². The number of amides is 1. The van der Waals surface area contributed by atoms with Gasteiger partial charge in [-0.1, -0.05) is 26.8 Å². The SMILES string of the molecule is CC(C)(C)c1ccc(O)c(C(=O)Nc2cc(C(F)(F)F)cc(C(F)(F)F)c2)c1. The van der Waals surface area contributed by atoms with Gasteiger partial charge in [0.2, 0.25) is 0 Å². The molecule has 0 spiro atoms. The first-order valence-corrected chi connectivity index (χ1v) is 8.03. The normalized spacial score (nSPS) is 12.8. The number of phenolic OH excluding ortho intramolecular Hbond substituents is 1. The van der Waals surface area contributed by atoms with E-state index >= 15 is 0 Å². The summed E-state index contributed by atoms with van der Waals surface area (Å²) in [6, 6.07) is 4.91. The number of benzene rings is 2. The average Bonchev–Trinajstić information content (AvgIpc) is 2.52. The first kappa shape index (κ1) is 21.6. The predicted octanol–water partition coefficient (Wildman–Crippen LogP) is 5.98. The summed E-state index contributed by atoms with van der Waals surface area (Å²) in [5.41, 5.74) is -3.81. The van der Waals surface area contributed by atoms with Crippen molar-refractivity contribution in [1.29, 1.82) is 0 Å². The number of rotatable bonds is 2. The summed E-state index contributed by atoms with van der Waals surface area (Å²) < 4.78 is 77.5. The minimum atomic E-state index is -5.03. The highest BCUT2D eigenvalue weighted by Crippen LogP contribution is 2.38. The Morgan fingerprint density at radius 1 is 0.821 bits per heavy atom. The van der Waals surface area contributed by atoms with Crippen molar-refractivity contribution in [3.8, 4) is 5.75 Å². The van der Waals surface area contributed by atoms with Crippen LogP contribution in [0.2, 0.25) is 0 Å². The van der Waals surface area contributed by atoms with E-state index in [2.05, 4.69) is 0 Å². The number of carbonyl (C=O) groups excluding carboxylic acids is 1. The largest absolute Gasteiger partial charge is 0.507 e. The van der Waals surface area contributed by atoms with E-state index < -0.39 is 46.2 Å². The zero-order valence-electron chi connectivity index (χ0n) is 15.1. The molecule has 2 aromatic rings. The van der Waals surface area contributed by atoms with Crippen molar-refractivity contribution >= 4 is 11.6 Å². The maximum atomic E-state index is 12.9. The topological polar surface area (TPSA) is 49.3 Å². The summed E-state index contributed by atoms with van der Waals surface area (Å²) in [4.78, 5) is 12.4. The zero-order chi connectivity index (χ0) is 21.5. The lowest BCUT2D eigenvalue weighted by Gasteiger charge is -2.20. The van der Waals surface area contributed by atoms with Crippen molar-refractivity contribution in [2.24, 2.45) is 0 Å². The van der Waals surface area contributed by atoms with E-state index in [9.17, 15) is 36.2 Å². The van der Waals surface area contributed by atoms with E-state index in [1.54, 1.807) is 6.07 Å². The molecule has 2 rings (SSSR count). The van der Waals surface area contributed by atoms with Crippen LogP contribution in [0.15, 0.2) is 36.4 Å². The summed E-state index contributed by atoms with van der Waals surface area (Å²) in [5.74, 6) is -1.48. The monoisotopic (exact) mass is 405 g/mol. The van der Waals surface area contributed by atoms with Gasteiger partial charge in [0.25, 0.3) is 5.91 Å². The molecule has 0 aliphatic rings. The van der Waals surface area contributed by atoms with Crippen LogP contribution in [0.5, 0.6) is 5.75 Å². The molecular formula is C19H17F6NO2. The van der Waals surface area contributed by atoms with Gasteiger partial charge < -0.3 is 10.4 Å². The van der Waals surface area contributed by atoms with Crippen LogP contribution in [-0.4, -0.2) is 11.0 Å². The molecule has 0 bridgehead atoms. The third-order valence-corrected chi connectivity index (χ3v) is 3.95. The molecule has 3 nitrogen and oxygen atoms in total. The van der Waals surface area contributed by atoms with E-state index in [1.165, 1.54) is 12.1 Å². The van der Waals surface area contributed by atoms with Gasteiger partial charge in [0, 0.05) is 5.69 Å². The number of phenols is 1. The van der Waals surface area contributed by atoms with Crippen LogP contribution < -0.4 is 5.32 Å². The van der Waals surface area contributed by atoms with Crippen molar-refractivity contribution in [3.63, 3.8) is 0 Å². The first-order valence-electron chi connectivity index (χ1n) is 8.03. The van der Waals surface area contributed by atoms with Crippen LogP contribution in [-0.2, 0) is 17.8 Å². The van der Waals surface area contributed by atoms with Gasteiger partial charge >= 0.3 is 12.4 Å². The minimum absolute atomic E-state index is 0.0344. The van der Waals surface area contributed by atoms with Crippen LogP contribution in [0.3, 0.4) is 0 Å². The average molecular weight is 405 g/mol. The van der Waals surface area contributed by atoms with Crippen molar-refractivity contribution in [3.05, 3.63) is 58.7 Å². The number of hydrogen-bond acceptors (Lipinski definition) is 2. The number of nitrogens with one attached hydrogen (secondary N) is 1. The molecular weight excluding hydrogens is 388 g/mol. The Morgan fingerprint density at radius 2 is 1.32 bits per heavy atom. The van der Waals surface area contributed by atoms with Crippen LogP contribution in [0.25, 0.3) is 0 Å². The van der Waals surface area contributed by atoms with Crippen LogP contribution in [0.1, 0.15) is 47.8 Å². The van der Waals surface area contributed by atoms with Crippen molar-refractivity contribution in [1.82, 2.24) is 0 Å². The summed E-state index contributed by atoms with van der Waals surface area (Å²) in [7, 11) is 0. The molecule has 0 saturated heterocycles. The van der Waals surface area contributed by atoms with Gasteiger partial charge in [-0.05, 0) is 41.3 Å². The maximum absolute atomic E-state index is 12.9. The third kappa shape index (κ3) is 4.96. The Kier molecular flexibility index (Phi) is 5.42. The fourth-order valence-electron chi connectivity index (χ4n) is 2.41. The highest BCUT2D eigenvalue weighted by Gasteiger charge is 2.37. The number of hydrogen-bond donors (Lipinski definition) is 2. The Bertz CT molecular complexity index is 863. The Hall–Kier alpha value is -2.71. The second-order valence-electron chi connectivity index (χ2n) is 7.23. The van der Waals surface area contributed by atoms with E-state index in [-0.39, 0.29) is 11.6 Å². The van der Waals surface area contributed by atoms with E-state index in [0.717, 1.165) is 0 Å². The van der Waals surface area contributed by atoms with Crippen molar-refractivity contribution < 1.29 is 36.2 Å². The summed E-state index contributed by atoms with van der Waals surface area (Å²) in [5, 5.41) is 11.9. The molecule has 9 heteroatoms. The Labute approximate surface area is 157 Å². The molecule has 2 aromatic carbocycles. The van der Waals surface area contributed by atoms with Gasteiger partial charge in [-0.25, -0.2) is 0 Å². The molecule has 0 aromatic heterocycles. The predicted molar refractivity (Wildman–Crippen MR) is 91.2 cm³/mol. The highest BCUT2D eigenvalue weighted by atomic mass is 19.4. The van der Waals surface area contributed by atoms with Gasteiger partial charge in [-0.3, -0.25) is 4.79 Å². The van der Waals surface area contributed by atoms with E-state index in [4.69, 9.17) is 0 Å². The Balaban J connectivity index is 2.47. The van der Waals surface area contributed by atoms with E-state index in [1.807, 2.05) is 26.1 Å². The zero-order valence-corrected chi connectivity index (χ0v) is 15.1. The van der Waals surface area contributed by atoms with Gasteiger partial charge in [-0.2, -0.15) is 26.3 Å². The van der Waals surface area contributed by atoms with Gasteiger partial charge in [0.1, 0.15) is 5.75 Å². The first-order chi connectivity index (χ1) is 12.6. The van der Waals surface area contributed by atoms with Crippen molar-refractivity contribution in [2.45, 2.75) is 38.5 Å². The standard InChI is InChI=1S/C19H17F6NO2/c1-17(2,3)10-4-5-15(27)14(9-10)16(28)26-13-7-11(18(20,21)22)6-12(8-13)19(23,24)25/h4-9,27H,1-3H3,(H,26,28). The number of alkyl halides is 6. The molecule has 0 unspecified atom stereocenters. The van der Waals surface area contributed by atoms with Crippen LogP contribution >= 0.6 is 0 Å². The quantitative estimate of drug-likeness (QED) is 0.604. The fourth-order valence-corrected chi connectivity index (χ4v) is 2.41.